The summed E-state index contributed by atoms with van der Waals surface area (Å²) in [6, 6.07) is 0. The van der Waals surface area contributed by atoms with Crippen LogP contribution in [0.4, 0.5) is 0 Å². The Balaban J connectivity index is 4.80. The van der Waals surface area contributed by atoms with E-state index in [2.05, 4.69) is 64.6 Å². The third-order valence-corrected chi connectivity index (χ3v) is 17.5. The Morgan fingerprint density at radius 2 is 1.06 bits per heavy atom. The topological polar surface area (TPSA) is 27.7 Å². The summed E-state index contributed by atoms with van der Waals surface area (Å²) in [6.45, 7) is 19.6. The Bertz CT molecular complexity index is 272. The molecule has 1 atom stereocenters. The first-order valence-electron chi connectivity index (χ1n) is 6.47. The lowest BCUT2D eigenvalue weighted by Crippen LogP contribution is -2.57. The molecule has 0 fully saturated rings. The highest BCUT2D eigenvalue weighted by atomic mass is 28.5. The highest BCUT2D eigenvalue weighted by molar-refractivity contribution is 6.92. The van der Waals surface area contributed by atoms with Crippen LogP contribution in [0.2, 0.25) is 58.9 Å². The van der Waals surface area contributed by atoms with E-state index in [4.69, 9.17) is 12.3 Å². The lowest BCUT2D eigenvalue weighted by Gasteiger charge is -2.40. The van der Waals surface area contributed by atoms with Crippen molar-refractivity contribution in [2.45, 2.75) is 58.9 Å². The zero-order chi connectivity index (χ0) is 14.8. The van der Waals surface area contributed by atoms with Gasteiger partial charge in [-0.3, -0.25) is 0 Å². The molecule has 0 saturated heterocycles. The number of hydrogen-bond donors (Lipinski definition) is 0. The maximum Gasteiger partial charge on any atom is 0.318 e. The van der Waals surface area contributed by atoms with Crippen LogP contribution >= 0.6 is 0 Å². The van der Waals surface area contributed by atoms with Gasteiger partial charge in [-0.15, -0.1) is 0 Å². The molecule has 0 heterocycles. The van der Waals surface area contributed by atoms with E-state index in [9.17, 15) is 0 Å². The molecule has 0 aromatic heterocycles. The summed E-state index contributed by atoms with van der Waals surface area (Å²) in [5.74, 6) is 0. The molecule has 8 heteroatoms. The summed E-state index contributed by atoms with van der Waals surface area (Å²) < 4.78 is 18.9. The van der Waals surface area contributed by atoms with Crippen LogP contribution in [0.5, 0.6) is 0 Å². The lowest BCUT2D eigenvalue weighted by atomic mass is 11.8. The molecule has 0 aromatic carbocycles. The van der Waals surface area contributed by atoms with Crippen molar-refractivity contribution in [1.82, 2.24) is 0 Å². The molecular formula is C10H30O3Si5. The highest BCUT2D eigenvalue weighted by Gasteiger charge is 2.43. The first-order valence-corrected chi connectivity index (χ1v) is 19.4. The van der Waals surface area contributed by atoms with E-state index in [-0.39, 0.29) is 0 Å². The van der Waals surface area contributed by atoms with Crippen molar-refractivity contribution in [3.8, 4) is 0 Å². The van der Waals surface area contributed by atoms with Gasteiger partial charge >= 0.3 is 17.1 Å². The van der Waals surface area contributed by atoms with Gasteiger partial charge in [-0.1, -0.05) is 0 Å². The van der Waals surface area contributed by atoms with E-state index in [0.29, 0.717) is 0 Å². The molecular weight excluding hydrogens is 309 g/mol. The Kier molecular flexibility index (Phi) is 6.49. The summed E-state index contributed by atoms with van der Waals surface area (Å²) in [6.07, 6.45) is 0. The fourth-order valence-electron chi connectivity index (χ4n) is 1.93. The average molecular weight is 339 g/mol. The van der Waals surface area contributed by atoms with E-state index >= 15 is 0 Å². The van der Waals surface area contributed by atoms with E-state index in [1.807, 2.05) is 0 Å². The molecule has 2 radical (unpaired) electrons. The number of rotatable bonds is 7. The zero-order valence-corrected chi connectivity index (χ0v) is 19.7. The van der Waals surface area contributed by atoms with E-state index < -0.39 is 33.8 Å². The van der Waals surface area contributed by atoms with Gasteiger partial charge in [0.2, 0.25) is 0 Å². The molecule has 3 nitrogen and oxygen atoms in total. The monoisotopic (exact) mass is 338 g/mol. The van der Waals surface area contributed by atoms with Crippen LogP contribution in [0.1, 0.15) is 0 Å². The second-order valence-corrected chi connectivity index (χ2v) is 24.7. The van der Waals surface area contributed by atoms with Crippen molar-refractivity contribution < 1.29 is 12.3 Å². The fraction of sp³-hybridized carbons (Fsp3) is 0.900. The van der Waals surface area contributed by atoms with E-state index in [1.165, 1.54) is 0 Å². The Hall–Kier alpha value is 0.964. The lowest BCUT2D eigenvalue weighted by molar-refractivity contribution is 0.334. The van der Waals surface area contributed by atoms with Gasteiger partial charge in [-0.25, -0.2) is 0 Å². The van der Waals surface area contributed by atoms with Crippen LogP contribution in [-0.2, 0) is 12.3 Å². The molecule has 0 N–H and O–H groups in total. The Labute approximate surface area is 121 Å². The minimum Gasteiger partial charge on any atom is -0.437 e. The van der Waals surface area contributed by atoms with Crippen LogP contribution in [0, 0.1) is 5.67 Å². The van der Waals surface area contributed by atoms with Crippen molar-refractivity contribution in [3.05, 3.63) is 5.67 Å². The molecule has 1 unspecified atom stereocenters. The molecule has 0 saturated carbocycles. The van der Waals surface area contributed by atoms with Crippen molar-refractivity contribution in [3.63, 3.8) is 0 Å². The molecule has 0 bridgehead atoms. The summed E-state index contributed by atoms with van der Waals surface area (Å²) in [5, 5.41) is 0. The zero-order valence-electron chi connectivity index (χ0n) is 13.7. The minimum atomic E-state index is -2.26. The summed E-state index contributed by atoms with van der Waals surface area (Å²) in [7, 11) is -6.65. The maximum absolute atomic E-state index is 6.35. The second-order valence-electron chi connectivity index (χ2n) is 7.13. The molecule has 0 aliphatic rings. The highest BCUT2D eigenvalue weighted by Crippen LogP contribution is 2.24. The minimum absolute atomic E-state index is 0.887. The van der Waals surface area contributed by atoms with Gasteiger partial charge in [0.25, 0.3) is 0 Å². The predicted octanol–water partition coefficient (Wildman–Crippen LogP) is 2.42. The quantitative estimate of drug-likeness (QED) is 0.667. The van der Waals surface area contributed by atoms with Gasteiger partial charge in [-0.05, 0) is 58.9 Å². The van der Waals surface area contributed by atoms with Crippen molar-refractivity contribution in [1.29, 1.82) is 0 Å². The van der Waals surface area contributed by atoms with Crippen molar-refractivity contribution in [2.75, 3.05) is 0 Å². The maximum atomic E-state index is 6.35. The molecule has 0 rings (SSSR count). The smallest absolute Gasteiger partial charge is 0.318 e. The Morgan fingerprint density at radius 3 is 1.33 bits per heavy atom. The van der Waals surface area contributed by atoms with Gasteiger partial charge in [0, 0.05) is 15.9 Å². The molecule has 108 valence electrons. The summed E-state index contributed by atoms with van der Waals surface area (Å²) in [5.41, 5.74) is 3.42. The van der Waals surface area contributed by atoms with E-state index in [1.54, 1.807) is 0 Å². The van der Waals surface area contributed by atoms with Gasteiger partial charge < -0.3 is 12.3 Å². The van der Waals surface area contributed by atoms with Crippen LogP contribution in [0.15, 0.2) is 0 Å². The largest absolute Gasteiger partial charge is 0.437 e. The van der Waals surface area contributed by atoms with E-state index in [0.717, 1.165) is 10.2 Å². The van der Waals surface area contributed by atoms with Crippen LogP contribution in [0.3, 0.4) is 0 Å². The standard InChI is InChI=1S/C10H30O3Si5/c1-15(2,3)11-17(7,8)13-18(9,10-14)12-16(4,5)6/h1-9,14H3. The molecule has 0 aromatic rings. The normalized spacial score (nSPS) is 17.8. The summed E-state index contributed by atoms with van der Waals surface area (Å²) in [4.78, 5) is 0. The predicted molar refractivity (Wildman–Crippen MR) is 92.2 cm³/mol. The average Bonchev–Trinajstić information content (AvgIpc) is 1.93. The first kappa shape index (κ1) is 19.0. The molecule has 0 aliphatic heterocycles. The third kappa shape index (κ3) is 8.96. The SMILES string of the molecule is C[Si](C)(C)O[Si](C)(C)O[Si](C)([C][SiH3])O[Si](C)(C)C. The third-order valence-electron chi connectivity index (χ3n) is 1.95. The van der Waals surface area contributed by atoms with Gasteiger partial charge in [0.1, 0.15) is 0 Å². The first-order chi connectivity index (χ1) is 7.68. The van der Waals surface area contributed by atoms with Crippen molar-refractivity contribution in [2.24, 2.45) is 0 Å². The van der Waals surface area contributed by atoms with Crippen molar-refractivity contribution >= 4 is 44.0 Å². The fourth-order valence-corrected chi connectivity index (χ4v) is 20.0. The summed E-state index contributed by atoms with van der Waals surface area (Å²) >= 11 is 0. The van der Waals surface area contributed by atoms with Crippen LogP contribution < -0.4 is 0 Å². The van der Waals surface area contributed by atoms with Gasteiger partial charge in [0.15, 0.2) is 16.6 Å². The van der Waals surface area contributed by atoms with Crippen LogP contribution in [0.25, 0.3) is 0 Å². The molecule has 0 aliphatic carbocycles. The molecule has 0 spiro atoms. The molecule has 18 heavy (non-hydrogen) atoms. The molecule has 0 amide bonds. The van der Waals surface area contributed by atoms with Gasteiger partial charge in [0.05, 0.1) is 0 Å². The Morgan fingerprint density at radius 1 is 0.667 bits per heavy atom. The van der Waals surface area contributed by atoms with Gasteiger partial charge in [-0.2, -0.15) is 0 Å². The second kappa shape index (κ2) is 6.16. The van der Waals surface area contributed by atoms with Crippen LogP contribution in [-0.4, -0.2) is 44.0 Å². The number of hydrogen-bond acceptors (Lipinski definition) is 3.